The van der Waals surface area contributed by atoms with Gasteiger partial charge in [-0.05, 0) is 60.1 Å². The Morgan fingerprint density at radius 3 is 2.20 bits per heavy atom. The molecule has 0 radical (unpaired) electrons. The van der Waals surface area contributed by atoms with Gasteiger partial charge in [0.2, 0.25) is 11.8 Å². The van der Waals surface area contributed by atoms with Crippen molar-refractivity contribution in [3.05, 3.63) is 83.9 Å². The van der Waals surface area contributed by atoms with Crippen LogP contribution in [0.5, 0.6) is 0 Å². The van der Waals surface area contributed by atoms with Crippen LogP contribution in [-0.4, -0.2) is 46.7 Å². The fraction of sp³-hybridized carbons (Fsp3) is 0.441. The van der Waals surface area contributed by atoms with E-state index in [1.54, 1.807) is 0 Å². The minimum absolute atomic E-state index is 0.00172. The Labute approximate surface area is 238 Å². The first-order valence-electron chi connectivity index (χ1n) is 14.7. The van der Waals surface area contributed by atoms with Gasteiger partial charge in [0, 0.05) is 43.1 Å². The first-order valence-corrected chi connectivity index (χ1v) is 14.7. The summed E-state index contributed by atoms with van der Waals surface area (Å²) in [4.78, 5) is 43.8. The number of amides is 3. The van der Waals surface area contributed by atoms with Gasteiger partial charge in [0.1, 0.15) is 0 Å². The Morgan fingerprint density at radius 1 is 0.900 bits per heavy atom. The maximum Gasteiger partial charge on any atom is 0.254 e. The summed E-state index contributed by atoms with van der Waals surface area (Å²) >= 11 is 0. The zero-order valence-corrected chi connectivity index (χ0v) is 24.1. The molecule has 1 saturated heterocycles. The lowest BCUT2D eigenvalue weighted by atomic mass is 9.81. The number of rotatable bonds is 11. The number of carbonyl (C=O) groups is 3. The highest BCUT2D eigenvalue weighted by atomic mass is 16.2. The minimum atomic E-state index is -0.444. The standard InChI is InChI=1S/C34H43N3O3/c1-4-11-30(32(35)38)31(22-24(2)3)34(40)36-20-18-28(19-21-36)37(33(39)26-13-6-5-7-14-26)23-27-16-10-15-25-12-8-9-17-29(25)27/h5-10,12-17,24,28,30-31H,4,11,18-23H2,1-3H3,(H2,35,38). The molecule has 1 heterocycles. The molecule has 1 fully saturated rings. The second kappa shape index (κ2) is 13.6. The van der Waals surface area contributed by atoms with Crippen molar-refractivity contribution in [1.82, 2.24) is 9.80 Å². The molecule has 0 aromatic heterocycles. The summed E-state index contributed by atoms with van der Waals surface area (Å²) in [6.07, 6.45) is 3.46. The molecule has 1 aliphatic heterocycles. The summed E-state index contributed by atoms with van der Waals surface area (Å²) in [5, 5.41) is 2.30. The van der Waals surface area contributed by atoms with Gasteiger partial charge in [-0.2, -0.15) is 0 Å². The Kier molecular flexibility index (Phi) is 9.97. The van der Waals surface area contributed by atoms with E-state index in [1.165, 1.54) is 0 Å². The topological polar surface area (TPSA) is 83.7 Å². The number of primary amides is 1. The Balaban J connectivity index is 1.55. The van der Waals surface area contributed by atoms with E-state index < -0.39 is 11.8 Å². The van der Waals surface area contributed by atoms with Crippen LogP contribution in [0.15, 0.2) is 72.8 Å². The molecule has 2 N–H and O–H groups in total. The average Bonchev–Trinajstić information content (AvgIpc) is 2.97. The van der Waals surface area contributed by atoms with E-state index in [2.05, 4.69) is 38.1 Å². The van der Waals surface area contributed by atoms with Gasteiger partial charge in [-0.25, -0.2) is 0 Å². The van der Waals surface area contributed by atoms with Crippen molar-refractivity contribution in [2.45, 2.75) is 65.5 Å². The highest BCUT2D eigenvalue weighted by Gasteiger charge is 2.37. The third kappa shape index (κ3) is 6.90. The van der Waals surface area contributed by atoms with Crippen LogP contribution >= 0.6 is 0 Å². The van der Waals surface area contributed by atoms with Gasteiger partial charge in [-0.15, -0.1) is 0 Å². The third-order valence-electron chi connectivity index (χ3n) is 8.21. The van der Waals surface area contributed by atoms with Gasteiger partial charge < -0.3 is 15.5 Å². The molecule has 0 aliphatic carbocycles. The first-order chi connectivity index (χ1) is 19.3. The molecule has 6 nitrogen and oxygen atoms in total. The van der Waals surface area contributed by atoms with E-state index in [9.17, 15) is 14.4 Å². The third-order valence-corrected chi connectivity index (χ3v) is 8.21. The Morgan fingerprint density at radius 2 is 1.55 bits per heavy atom. The summed E-state index contributed by atoms with van der Waals surface area (Å²) in [7, 11) is 0. The SMILES string of the molecule is CCCC(C(N)=O)C(CC(C)C)C(=O)N1CCC(N(Cc2cccc3ccccc23)C(=O)c2ccccc2)CC1. The molecule has 0 bridgehead atoms. The number of benzene rings is 3. The van der Waals surface area contributed by atoms with Gasteiger partial charge in [0.15, 0.2) is 0 Å². The summed E-state index contributed by atoms with van der Waals surface area (Å²) < 4.78 is 0. The summed E-state index contributed by atoms with van der Waals surface area (Å²) in [5.41, 5.74) is 7.56. The van der Waals surface area contributed by atoms with Gasteiger partial charge in [0.25, 0.3) is 5.91 Å². The van der Waals surface area contributed by atoms with Crippen molar-refractivity contribution < 1.29 is 14.4 Å². The van der Waals surface area contributed by atoms with Crippen LogP contribution in [0.3, 0.4) is 0 Å². The van der Waals surface area contributed by atoms with Crippen molar-refractivity contribution in [2.24, 2.45) is 23.5 Å². The normalized spacial score (nSPS) is 15.7. The van der Waals surface area contributed by atoms with E-state index >= 15 is 0 Å². The van der Waals surface area contributed by atoms with E-state index in [-0.39, 0.29) is 29.7 Å². The second-order valence-electron chi connectivity index (χ2n) is 11.5. The summed E-state index contributed by atoms with van der Waals surface area (Å²) in [5.74, 6) is -0.908. The maximum atomic E-state index is 13.9. The van der Waals surface area contributed by atoms with E-state index in [0.29, 0.717) is 50.9 Å². The van der Waals surface area contributed by atoms with Crippen molar-refractivity contribution in [3.8, 4) is 0 Å². The van der Waals surface area contributed by atoms with Crippen molar-refractivity contribution in [3.63, 3.8) is 0 Å². The average molecular weight is 542 g/mol. The van der Waals surface area contributed by atoms with Crippen LogP contribution in [0.4, 0.5) is 0 Å². The number of hydrogen-bond acceptors (Lipinski definition) is 3. The number of hydrogen-bond donors (Lipinski definition) is 1. The molecule has 3 aromatic rings. The molecule has 6 heteroatoms. The monoisotopic (exact) mass is 541 g/mol. The molecule has 1 aliphatic rings. The molecule has 3 aromatic carbocycles. The van der Waals surface area contributed by atoms with Crippen molar-refractivity contribution >= 4 is 28.5 Å². The lowest BCUT2D eigenvalue weighted by Gasteiger charge is -2.40. The molecular formula is C34H43N3O3. The maximum absolute atomic E-state index is 13.9. The predicted molar refractivity (Wildman–Crippen MR) is 160 cm³/mol. The number of likely N-dealkylation sites (tertiary alicyclic amines) is 1. The quantitative estimate of drug-likeness (QED) is 0.321. The van der Waals surface area contributed by atoms with Crippen LogP contribution in [0.25, 0.3) is 10.8 Å². The fourth-order valence-electron chi connectivity index (χ4n) is 6.16. The van der Waals surface area contributed by atoms with Crippen molar-refractivity contribution in [2.75, 3.05) is 13.1 Å². The zero-order chi connectivity index (χ0) is 28.6. The molecule has 4 rings (SSSR count). The minimum Gasteiger partial charge on any atom is -0.369 e. The molecule has 2 atom stereocenters. The summed E-state index contributed by atoms with van der Waals surface area (Å²) in [6.45, 7) is 7.80. The van der Waals surface area contributed by atoms with Crippen molar-refractivity contribution in [1.29, 1.82) is 0 Å². The largest absolute Gasteiger partial charge is 0.369 e. The van der Waals surface area contributed by atoms with Gasteiger partial charge in [0.05, 0.1) is 0 Å². The Bertz CT molecular complexity index is 1290. The van der Waals surface area contributed by atoms with Gasteiger partial charge in [-0.1, -0.05) is 87.9 Å². The predicted octanol–water partition coefficient (Wildman–Crippen LogP) is 6.04. The molecular weight excluding hydrogens is 498 g/mol. The highest BCUT2D eigenvalue weighted by molar-refractivity contribution is 5.95. The molecule has 212 valence electrons. The number of nitrogens with two attached hydrogens (primary N) is 1. The molecule has 2 unspecified atom stereocenters. The van der Waals surface area contributed by atoms with Crippen LogP contribution < -0.4 is 5.73 Å². The number of nitrogens with zero attached hydrogens (tertiary/aromatic N) is 2. The molecule has 40 heavy (non-hydrogen) atoms. The number of fused-ring (bicyclic) bond motifs is 1. The number of carbonyl (C=O) groups excluding carboxylic acids is 3. The van der Waals surface area contributed by atoms with E-state index in [4.69, 9.17) is 5.73 Å². The van der Waals surface area contributed by atoms with Gasteiger partial charge >= 0.3 is 0 Å². The highest BCUT2D eigenvalue weighted by Crippen LogP contribution is 2.30. The molecule has 3 amide bonds. The lowest BCUT2D eigenvalue weighted by Crippen LogP contribution is -2.51. The lowest BCUT2D eigenvalue weighted by molar-refractivity contribution is -0.143. The fourth-order valence-corrected chi connectivity index (χ4v) is 6.16. The summed E-state index contributed by atoms with van der Waals surface area (Å²) in [6, 6.07) is 23.9. The van der Waals surface area contributed by atoms with Crippen LogP contribution in [0.1, 0.15) is 68.8 Å². The number of piperidine rings is 1. The van der Waals surface area contributed by atoms with Crippen LogP contribution in [0.2, 0.25) is 0 Å². The second-order valence-corrected chi connectivity index (χ2v) is 11.5. The van der Waals surface area contributed by atoms with Gasteiger partial charge in [-0.3, -0.25) is 14.4 Å². The van der Waals surface area contributed by atoms with Crippen LogP contribution in [0, 0.1) is 17.8 Å². The zero-order valence-electron chi connectivity index (χ0n) is 24.1. The first kappa shape index (κ1) is 29.3. The van der Waals surface area contributed by atoms with E-state index in [0.717, 1.165) is 22.8 Å². The smallest absolute Gasteiger partial charge is 0.254 e. The molecule has 0 spiro atoms. The van der Waals surface area contributed by atoms with E-state index in [1.807, 2.05) is 65.3 Å². The molecule has 0 saturated carbocycles. The Hall–Kier alpha value is -3.67. The van der Waals surface area contributed by atoms with Crippen LogP contribution in [-0.2, 0) is 16.1 Å².